The van der Waals surface area contributed by atoms with Gasteiger partial charge in [0.15, 0.2) is 5.78 Å². The molecule has 5 rings (SSSR count). The molecule has 2 aromatic carbocycles. The van der Waals surface area contributed by atoms with E-state index in [-0.39, 0.29) is 11.8 Å². The first-order valence-electron chi connectivity index (χ1n) is 7.54. The number of halogens is 1. The molecule has 116 valence electrons. The number of fused-ring (bicyclic) bond motifs is 3. The molecule has 0 fully saturated rings. The number of carbonyl (C=O) groups excluding carboxylic acids is 1. The Morgan fingerprint density at radius 2 is 1.79 bits per heavy atom. The van der Waals surface area contributed by atoms with Crippen LogP contribution in [0.3, 0.4) is 0 Å². The minimum Gasteiger partial charge on any atom is -0.323 e. The molecule has 0 spiro atoms. The van der Waals surface area contributed by atoms with Gasteiger partial charge >= 0.3 is 0 Å². The van der Waals surface area contributed by atoms with Gasteiger partial charge in [0, 0.05) is 15.6 Å². The second-order valence-corrected chi connectivity index (χ2v) is 6.69. The molecule has 1 aromatic heterocycles. The first-order chi connectivity index (χ1) is 11.7. The molecule has 1 aliphatic heterocycles. The van der Waals surface area contributed by atoms with Crippen molar-refractivity contribution in [1.82, 2.24) is 14.8 Å². The van der Waals surface area contributed by atoms with Crippen molar-refractivity contribution in [2.24, 2.45) is 0 Å². The lowest BCUT2D eigenvalue weighted by Crippen LogP contribution is -2.25. The third-order valence-corrected chi connectivity index (χ3v) is 5.00. The lowest BCUT2D eigenvalue weighted by Gasteiger charge is -2.26. The van der Waals surface area contributed by atoms with E-state index in [0.29, 0.717) is 5.95 Å². The SMILES string of the molecule is O=C1C2=C(Nc3ncnn3[C@@H]2c2ccc(Br)cc2)c2ccccc21. The summed E-state index contributed by atoms with van der Waals surface area (Å²) in [4.78, 5) is 17.3. The lowest BCUT2D eigenvalue weighted by molar-refractivity contribution is 0.102. The highest BCUT2D eigenvalue weighted by molar-refractivity contribution is 9.10. The number of carbonyl (C=O) groups is 1. The summed E-state index contributed by atoms with van der Waals surface area (Å²) >= 11 is 3.46. The molecule has 0 saturated heterocycles. The average molecular weight is 379 g/mol. The van der Waals surface area contributed by atoms with Crippen molar-refractivity contribution < 1.29 is 4.79 Å². The number of nitrogens with one attached hydrogen (secondary N) is 1. The minimum absolute atomic E-state index is 0.0437. The van der Waals surface area contributed by atoms with E-state index in [4.69, 9.17) is 0 Å². The predicted octanol–water partition coefficient (Wildman–Crippen LogP) is 3.66. The Bertz CT molecular complexity index is 1020. The van der Waals surface area contributed by atoms with E-state index in [9.17, 15) is 4.79 Å². The molecule has 0 radical (unpaired) electrons. The Labute approximate surface area is 146 Å². The van der Waals surface area contributed by atoms with E-state index in [1.807, 2.05) is 48.5 Å². The number of anilines is 1. The quantitative estimate of drug-likeness (QED) is 0.701. The van der Waals surface area contributed by atoms with E-state index < -0.39 is 0 Å². The van der Waals surface area contributed by atoms with Crippen LogP contribution in [0.15, 0.2) is 64.9 Å². The van der Waals surface area contributed by atoms with Crippen LogP contribution in [-0.4, -0.2) is 20.5 Å². The van der Waals surface area contributed by atoms with Gasteiger partial charge in [-0.25, -0.2) is 4.68 Å². The van der Waals surface area contributed by atoms with Crippen molar-refractivity contribution in [2.75, 3.05) is 5.32 Å². The van der Waals surface area contributed by atoms with Crippen LogP contribution in [0.25, 0.3) is 5.70 Å². The van der Waals surface area contributed by atoms with E-state index in [1.54, 1.807) is 4.68 Å². The van der Waals surface area contributed by atoms with Crippen LogP contribution >= 0.6 is 15.9 Å². The van der Waals surface area contributed by atoms with Crippen molar-refractivity contribution in [1.29, 1.82) is 0 Å². The van der Waals surface area contributed by atoms with E-state index in [1.165, 1.54) is 6.33 Å². The molecule has 2 heterocycles. The Hall–Kier alpha value is -2.73. The van der Waals surface area contributed by atoms with Crippen LogP contribution in [-0.2, 0) is 0 Å². The Kier molecular flexibility index (Phi) is 2.78. The van der Waals surface area contributed by atoms with Crippen LogP contribution in [0.1, 0.15) is 27.5 Å². The number of hydrogen-bond acceptors (Lipinski definition) is 4. The smallest absolute Gasteiger partial charge is 0.226 e. The predicted molar refractivity (Wildman–Crippen MR) is 93.6 cm³/mol. The van der Waals surface area contributed by atoms with E-state index in [2.05, 4.69) is 31.3 Å². The highest BCUT2D eigenvalue weighted by Crippen LogP contribution is 2.44. The standard InChI is InChI=1S/C18H11BrN4O/c19-11-7-5-10(6-8-11)16-14-15(22-18-20-9-21-23(16)18)12-3-1-2-4-13(12)17(14)24/h1-9,16H,(H,20,21,22)/t16-/m1/s1. The van der Waals surface area contributed by atoms with Gasteiger partial charge in [-0.1, -0.05) is 52.3 Å². The molecule has 6 heteroatoms. The van der Waals surface area contributed by atoms with E-state index in [0.717, 1.165) is 32.4 Å². The highest BCUT2D eigenvalue weighted by Gasteiger charge is 2.40. The van der Waals surface area contributed by atoms with Gasteiger partial charge in [-0.3, -0.25) is 4.79 Å². The van der Waals surface area contributed by atoms with Gasteiger partial charge in [-0.15, -0.1) is 0 Å². The summed E-state index contributed by atoms with van der Waals surface area (Å²) in [6, 6.07) is 15.3. The first kappa shape index (κ1) is 13.7. The molecule has 1 aliphatic carbocycles. The molecule has 2 aliphatic rings. The molecule has 0 bridgehead atoms. The summed E-state index contributed by atoms with van der Waals surface area (Å²) in [6.07, 6.45) is 1.51. The molecule has 1 N–H and O–H groups in total. The Balaban J connectivity index is 1.77. The van der Waals surface area contributed by atoms with E-state index >= 15 is 0 Å². The van der Waals surface area contributed by atoms with Crippen molar-refractivity contribution >= 4 is 33.4 Å². The van der Waals surface area contributed by atoms with Crippen molar-refractivity contribution in [2.45, 2.75) is 6.04 Å². The van der Waals surface area contributed by atoms with Crippen molar-refractivity contribution in [3.05, 3.63) is 81.6 Å². The molecular formula is C18H11BrN4O. The number of rotatable bonds is 1. The van der Waals surface area contributed by atoms with Crippen molar-refractivity contribution in [3.63, 3.8) is 0 Å². The number of benzene rings is 2. The molecule has 1 atom stereocenters. The number of ketones is 1. The molecule has 0 unspecified atom stereocenters. The average Bonchev–Trinajstić information content (AvgIpc) is 3.18. The number of hydrogen-bond donors (Lipinski definition) is 1. The lowest BCUT2D eigenvalue weighted by atomic mass is 9.94. The second-order valence-electron chi connectivity index (χ2n) is 5.77. The van der Waals surface area contributed by atoms with Gasteiger partial charge in [0.1, 0.15) is 12.4 Å². The third-order valence-electron chi connectivity index (χ3n) is 4.47. The number of allylic oxidation sites excluding steroid dienone is 1. The maximum Gasteiger partial charge on any atom is 0.226 e. The van der Waals surface area contributed by atoms with Gasteiger partial charge in [-0.05, 0) is 17.7 Å². The monoisotopic (exact) mass is 378 g/mol. The molecule has 0 amide bonds. The molecular weight excluding hydrogens is 368 g/mol. The molecule has 24 heavy (non-hydrogen) atoms. The second kappa shape index (κ2) is 4.88. The van der Waals surface area contributed by atoms with Crippen LogP contribution in [0.2, 0.25) is 0 Å². The normalized spacial score (nSPS) is 18.0. The fraction of sp³-hybridized carbons (Fsp3) is 0.0556. The van der Waals surface area contributed by atoms with Gasteiger partial charge < -0.3 is 5.32 Å². The van der Waals surface area contributed by atoms with Crippen molar-refractivity contribution in [3.8, 4) is 0 Å². The summed E-state index contributed by atoms with van der Waals surface area (Å²) in [6.45, 7) is 0. The number of aromatic nitrogens is 3. The van der Waals surface area contributed by atoms with Gasteiger partial charge in [0.2, 0.25) is 5.95 Å². The maximum atomic E-state index is 13.0. The summed E-state index contributed by atoms with van der Waals surface area (Å²) in [5, 5.41) is 7.62. The summed E-state index contributed by atoms with van der Waals surface area (Å²) in [5.74, 6) is 0.688. The fourth-order valence-corrected chi connectivity index (χ4v) is 3.68. The Morgan fingerprint density at radius 1 is 1.04 bits per heavy atom. The zero-order valence-corrected chi connectivity index (χ0v) is 14.0. The molecule has 5 nitrogen and oxygen atoms in total. The highest BCUT2D eigenvalue weighted by atomic mass is 79.9. The van der Waals surface area contributed by atoms with Gasteiger partial charge in [0.05, 0.1) is 11.3 Å². The van der Waals surface area contributed by atoms with Gasteiger partial charge in [-0.2, -0.15) is 10.1 Å². The largest absolute Gasteiger partial charge is 0.323 e. The van der Waals surface area contributed by atoms with Crippen LogP contribution < -0.4 is 5.32 Å². The van der Waals surface area contributed by atoms with Crippen LogP contribution in [0, 0.1) is 0 Å². The third kappa shape index (κ3) is 1.77. The number of nitrogens with zero attached hydrogens (tertiary/aromatic N) is 3. The topological polar surface area (TPSA) is 59.8 Å². The van der Waals surface area contributed by atoms with Gasteiger partial charge in [0.25, 0.3) is 0 Å². The van der Waals surface area contributed by atoms with Crippen LogP contribution in [0.5, 0.6) is 0 Å². The maximum absolute atomic E-state index is 13.0. The summed E-state index contributed by atoms with van der Waals surface area (Å²) in [7, 11) is 0. The number of Topliss-reactive ketones (excluding diaryl/α,β-unsaturated/α-hetero) is 1. The summed E-state index contributed by atoms with van der Waals surface area (Å²) < 4.78 is 2.76. The fourth-order valence-electron chi connectivity index (χ4n) is 3.41. The molecule has 3 aromatic rings. The van der Waals surface area contributed by atoms with Crippen LogP contribution in [0.4, 0.5) is 5.95 Å². The minimum atomic E-state index is -0.285. The zero-order valence-electron chi connectivity index (χ0n) is 12.4. The Morgan fingerprint density at radius 3 is 2.58 bits per heavy atom. The summed E-state index contributed by atoms with van der Waals surface area (Å²) in [5.41, 5.74) is 4.21. The zero-order chi connectivity index (χ0) is 16.3. The molecule has 0 saturated carbocycles. The first-order valence-corrected chi connectivity index (χ1v) is 8.33.